The molecule has 0 radical (unpaired) electrons. The lowest BCUT2D eigenvalue weighted by atomic mass is 10.2. The molecule has 2 rings (SSSR count). The maximum absolute atomic E-state index is 12.2. The second-order valence-electron chi connectivity index (χ2n) is 5.61. The quantitative estimate of drug-likeness (QED) is 0.824. The average Bonchev–Trinajstić information content (AvgIpc) is 2.95. The minimum absolute atomic E-state index is 0.0652. The van der Waals surface area contributed by atoms with E-state index in [1.165, 1.54) is 11.3 Å². The van der Waals surface area contributed by atoms with Crippen molar-refractivity contribution in [3.63, 3.8) is 0 Å². The van der Waals surface area contributed by atoms with E-state index in [4.69, 9.17) is 0 Å². The van der Waals surface area contributed by atoms with Crippen LogP contribution in [0.3, 0.4) is 0 Å². The Kier molecular flexibility index (Phi) is 6.58. The first kappa shape index (κ1) is 17.5. The summed E-state index contributed by atoms with van der Waals surface area (Å²) in [4.78, 5) is 39.0. The van der Waals surface area contributed by atoms with Crippen LogP contribution in [0.1, 0.15) is 36.5 Å². The summed E-state index contributed by atoms with van der Waals surface area (Å²) in [5.74, 6) is 0.0706. The third-order valence-corrected chi connectivity index (χ3v) is 4.61. The molecule has 1 fully saturated rings. The number of hydrogen-bond donors (Lipinski definition) is 1. The van der Waals surface area contributed by atoms with Gasteiger partial charge in [-0.05, 0) is 24.3 Å². The number of nitrogens with one attached hydrogen (secondary N) is 1. The molecular formula is C16H23N3O3S. The largest absolute Gasteiger partial charge is 0.352 e. The van der Waals surface area contributed by atoms with E-state index in [0.29, 0.717) is 44.6 Å². The van der Waals surface area contributed by atoms with E-state index in [-0.39, 0.29) is 17.7 Å². The summed E-state index contributed by atoms with van der Waals surface area (Å²) in [5.41, 5.74) is 0.665. The zero-order valence-electron chi connectivity index (χ0n) is 13.4. The molecule has 1 aliphatic rings. The van der Waals surface area contributed by atoms with Crippen molar-refractivity contribution in [1.29, 1.82) is 0 Å². The van der Waals surface area contributed by atoms with Gasteiger partial charge in [-0.1, -0.05) is 0 Å². The smallest absolute Gasteiger partial charge is 0.252 e. The van der Waals surface area contributed by atoms with Gasteiger partial charge in [0.25, 0.3) is 5.91 Å². The van der Waals surface area contributed by atoms with Crippen LogP contribution in [-0.4, -0.2) is 60.2 Å². The molecule has 0 spiro atoms. The van der Waals surface area contributed by atoms with Gasteiger partial charge in [-0.25, -0.2) is 0 Å². The molecule has 1 N–H and O–H groups in total. The Bertz CT molecular complexity index is 545. The molecule has 0 saturated carbocycles. The van der Waals surface area contributed by atoms with Crippen LogP contribution in [0.25, 0.3) is 0 Å². The number of thiophene rings is 1. The summed E-state index contributed by atoms with van der Waals surface area (Å²) in [6, 6.07) is 1.78. The molecule has 3 amide bonds. The van der Waals surface area contributed by atoms with Gasteiger partial charge in [0.1, 0.15) is 0 Å². The molecule has 23 heavy (non-hydrogen) atoms. The first-order chi connectivity index (χ1) is 11.1. The van der Waals surface area contributed by atoms with E-state index in [9.17, 15) is 14.4 Å². The number of carbonyl (C=O) groups is 3. The van der Waals surface area contributed by atoms with Crippen molar-refractivity contribution in [2.45, 2.75) is 26.2 Å². The monoisotopic (exact) mass is 337 g/mol. The summed E-state index contributed by atoms with van der Waals surface area (Å²) in [7, 11) is 0. The maximum atomic E-state index is 12.2. The van der Waals surface area contributed by atoms with E-state index in [1.54, 1.807) is 23.3 Å². The van der Waals surface area contributed by atoms with Crippen LogP contribution in [0.15, 0.2) is 16.8 Å². The Hall–Kier alpha value is -1.89. The lowest BCUT2D eigenvalue weighted by Crippen LogP contribution is -2.36. The van der Waals surface area contributed by atoms with Crippen LogP contribution in [0, 0.1) is 0 Å². The number of carbonyl (C=O) groups excluding carboxylic acids is 3. The fourth-order valence-electron chi connectivity index (χ4n) is 2.58. The predicted molar refractivity (Wildman–Crippen MR) is 89.3 cm³/mol. The van der Waals surface area contributed by atoms with Crippen LogP contribution in [0.5, 0.6) is 0 Å². The topological polar surface area (TPSA) is 69.7 Å². The number of hydrogen-bond acceptors (Lipinski definition) is 4. The van der Waals surface area contributed by atoms with Gasteiger partial charge >= 0.3 is 0 Å². The minimum Gasteiger partial charge on any atom is -0.352 e. The van der Waals surface area contributed by atoms with Gasteiger partial charge in [0, 0.05) is 57.0 Å². The van der Waals surface area contributed by atoms with E-state index in [2.05, 4.69) is 5.32 Å². The van der Waals surface area contributed by atoms with Crippen LogP contribution >= 0.6 is 11.3 Å². The molecule has 6 nitrogen and oxygen atoms in total. The third-order valence-electron chi connectivity index (χ3n) is 3.93. The molecule has 126 valence electrons. The van der Waals surface area contributed by atoms with Gasteiger partial charge in [0.05, 0.1) is 0 Å². The number of rotatable bonds is 5. The highest BCUT2D eigenvalue weighted by atomic mass is 32.1. The predicted octanol–water partition coefficient (Wildman–Crippen LogP) is 1.34. The van der Waals surface area contributed by atoms with Gasteiger partial charge in [-0.2, -0.15) is 11.3 Å². The van der Waals surface area contributed by atoms with Gasteiger partial charge in [0.2, 0.25) is 11.8 Å². The molecule has 0 aromatic carbocycles. The maximum Gasteiger partial charge on any atom is 0.252 e. The van der Waals surface area contributed by atoms with Crippen LogP contribution in [0.2, 0.25) is 0 Å². The van der Waals surface area contributed by atoms with E-state index >= 15 is 0 Å². The highest BCUT2D eigenvalue weighted by Gasteiger charge is 2.19. The molecule has 1 aromatic rings. The SMILES string of the molecule is CC(=O)N1CCCN(C(=O)CCCNC(=O)c2ccsc2)CC1. The van der Waals surface area contributed by atoms with Crippen molar-refractivity contribution in [2.24, 2.45) is 0 Å². The fourth-order valence-corrected chi connectivity index (χ4v) is 3.21. The van der Waals surface area contributed by atoms with Crippen molar-refractivity contribution in [3.05, 3.63) is 22.4 Å². The van der Waals surface area contributed by atoms with Crippen molar-refractivity contribution < 1.29 is 14.4 Å². The Balaban J connectivity index is 1.66. The number of nitrogens with zero attached hydrogens (tertiary/aromatic N) is 2. The molecule has 0 atom stereocenters. The Morgan fingerprint density at radius 2 is 1.91 bits per heavy atom. The molecule has 2 heterocycles. The lowest BCUT2D eigenvalue weighted by Gasteiger charge is -2.21. The normalized spacial score (nSPS) is 15.2. The zero-order valence-corrected chi connectivity index (χ0v) is 14.2. The summed E-state index contributed by atoms with van der Waals surface area (Å²) in [5, 5.41) is 6.49. The second-order valence-corrected chi connectivity index (χ2v) is 6.39. The summed E-state index contributed by atoms with van der Waals surface area (Å²) in [6.07, 6.45) is 1.87. The molecule has 1 saturated heterocycles. The van der Waals surface area contributed by atoms with Gasteiger partial charge in [-0.3, -0.25) is 14.4 Å². The van der Waals surface area contributed by atoms with Gasteiger partial charge in [-0.15, -0.1) is 0 Å². The molecule has 1 aliphatic heterocycles. The summed E-state index contributed by atoms with van der Waals surface area (Å²) < 4.78 is 0. The minimum atomic E-state index is -0.0921. The number of amides is 3. The highest BCUT2D eigenvalue weighted by molar-refractivity contribution is 7.08. The molecule has 0 bridgehead atoms. The van der Waals surface area contributed by atoms with Crippen LogP contribution in [0.4, 0.5) is 0 Å². The van der Waals surface area contributed by atoms with Crippen molar-refractivity contribution in [2.75, 3.05) is 32.7 Å². The molecule has 1 aromatic heterocycles. The molecule has 0 aliphatic carbocycles. The average molecular weight is 337 g/mol. The van der Waals surface area contributed by atoms with Crippen molar-refractivity contribution >= 4 is 29.1 Å². The second kappa shape index (κ2) is 8.67. The summed E-state index contributed by atoms with van der Waals surface area (Å²) >= 11 is 1.49. The first-order valence-corrected chi connectivity index (χ1v) is 8.86. The zero-order chi connectivity index (χ0) is 16.7. The molecule has 0 unspecified atom stereocenters. The van der Waals surface area contributed by atoms with Gasteiger partial charge in [0.15, 0.2) is 0 Å². The first-order valence-electron chi connectivity index (χ1n) is 7.91. The van der Waals surface area contributed by atoms with E-state index < -0.39 is 0 Å². The van der Waals surface area contributed by atoms with Crippen molar-refractivity contribution in [1.82, 2.24) is 15.1 Å². The summed E-state index contributed by atoms with van der Waals surface area (Å²) in [6.45, 7) is 4.68. The fraction of sp³-hybridized carbons (Fsp3) is 0.562. The Labute approximate surface area is 140 Å². The standard InChI is InChI=1S/C16H23N3O3S/c1-13(20)18-7-3-8-19(10-9-18)15(21)4-2-6-17-16(22)14-5-11-23-12-14/h5,11-12H,2-4,6-10H2,1H3,(H,17,22). The Morgan fingerprint density at radius 3 is 2.61 bits per heavy atom. The van der Waals surface area contributed by atoms with Crippen molar-refractivity contribution in [3.8, 4) is 0 Å². The molecular weight excluding hydrogens is 314 g/mol. The lowest BCUT2D eigenvalue weighted by molar-refractivity contribution is -0.132. The molecule has 7 heteroatoms. The highest BCUT2D eigenvalue weighted by Crippen LogP contribution is 2.07. The van der Waals surface area contributed by atoms with E-state index in [1.807, 2.05) is 10.3 Å². The van der Waals surface area contributed by atoms with Crippen LogP contribution in [-0.2, 0) is 9.59 Å². The van der Waals surface area contributed by atoms with E-state index in [0.717, 1.165) is 13.0 Å². The Morgan fingerprint density at radius 1 is 1.17 bits per heavy atom. The van der Waals surface area contributed by atoms with Gasteiger partial charge < -0.3 is 15.1 Å². The third kappa shape index (κ3) is 5.35. The van der Waals surface area contributed by atoms with Crippen LogP contribution < -0.4 is 5.32 Å².